The van der Waals surface area contributed by atoms with Crippen molar-refractivity contribution >= 4 is 18.3 Å². The van der Waals surface area contributed by atoms with Gasteiger partial charge in [0, 0.05) is 19.0 Å². The van der Waals surface area contributed by atoms with Gasteiger partial charge in [-0.05, 0) is 31.2 Å². The van der Waals surface area contributed by atoms with E-state index in [1.165, 1.54) is 6.07 Å². The fourth-order valence-corrected chi connectivity index (χ4v) is 2.14. The maximum atomic E-state index is 13.4. The van der Waals surface area contributed by atoms with Crippen LogP contribution in [0.1, 0.15) is 16.8 Å². The lowest BCUT2D eigenvalue weighted by Gasteiger charge is -2.28. The van der Waals surface area contributed by atoms with E-state index >= 15 is 0 Å². The van der Waals surface area contributed by atoms with E-state index in [4.69, 9.17) is 0 Å². The lowest BCUT2D eigenvalue weighted by molar-refractivity contribution is 0.0751. The number of hydrogen-bond acceptors (Lipinski definition) is 4. The number of nitrogens with one attached hydrogen (secondary N) is 2. The van der Waals surface area contributed by atoms with Crippen LogP contribution in [-0.4, -0.2) is 41.9 Å². The molecule has 1 aromatic carbocycles. The van der Waals surface area contributed by atoms with Crippen LogP contribution in [0.5, 0.6) is 5.75 Å². The van der Waals surface area contributed by atoms with Crippen molar-refractivity contribution < 1.29 is 19.4 Å². The van der Waals surface area contributed by atoms with Crippen LogP contribution in [0.2, 0.25) is 0 Å². The zero-order chi connectivity index (χ0) is 13.8. The zero-order valence-corrected chi connectivity index (χ0v) is 11.6. The number of aliphatic hydroxyl groups excluding tert-OH is 1. The van der Waals surface area contributed by atoms with Gasteiger partial charge in [-0.2, -0.15) is 0 Å². The number of piperidine rings is 1. The molecule has 7 heteroatoms. The minimum absolute atomic E-state index is 0. The van der Waals surface area contributed by atoms with Crippen LogP contribution in [0.25, 0.3) is 0 Å². The first kappa shape index (κ1) is 16.7. The van der Waals surface area contributed by atoms with Gasteiger partial charge < -0.3 is 20.8 Å². The largest absolute Gasteiger partial charge is 0.508 e. The second-order valence-corrected chi connectivity index (χ2v) is 4.69. The second kappa shape index (κ2) is 7.42. The molecule has 1 saturated heterocycles. The molecule has 1 heterocycles. The highest BCUT2D eigenvalue weighted by Gasteiger charge is 2.23. The van der Waals surface area contributed by atoms with E-state index in [0.29, 0.717) is 6.54 Å². The molecular weight excluding hydrogens is 287 g/mol. The zero-order valence-electron chi connectivity index (χ0n) is 10.8. The highest BCUT2D eigenvalue weighted by molar-refractivity contribution is 5.94. The molecule has 1 aliphatic rings. The summed E-state index contributed by atoms with van der Waals surface area (Å²) in [5.41, 5.74) is -0.191. The molecule has 5 nitrogen and oxygen atoms in total. The molecule has 0 aromatic heterocycles. The average molecular weight is 305 g/mol. The number of aromatic hydroxyl groups is 1. The van der Waals surface area contributed by atoms with Gasteiger partial charge in [-0.15, -0.1) is 12.4 Å². The van der Waals surface area contributed by atoms with Crippen LogP contribution in [0.4, 0.5) is 4.39 Å². The van der Waals surface area contributed by atoms with E-state index in [1.54, 1.807) is 0 Å². The quantitative estimate of drug-likeness (QED) is 0.661. The smallest absolute Gasteiger partial charge is 0.254 e. The molecule has 1 fully saturated rings. The Morgan fingerprint density at radius 2 is 2.25 bits per heavy atom. The Morgan fingerprint density at radius 1 is 1.50 bits per heavy atom. The number of phenols is 1. The van der Waals surface area contributed by atoms with Crippen molar-refractivity contribution in [3.05, 3.63) is 29.6 Å². The highest BCUT2D eigenvalue weighted by Crippen LogP contribution is 2.16. The summed E-state index contributed by atoms with van der Waals surface area (Å²) < 4.78 is 13.4. The number of hydrogen-bond donors (Lipinski definition) is 4. The minimum Gasteiger partial charge on any atom is -0.508 e. The summed E-state index contributed by atoms with van der Waals surface area (Å²) in [6.07, 6.45) is 0.243. The van der Waals surface area contributed by atoms with Crippen LogP contribution < -0.4 is 10.6 Å². The number of carbonyl (C=O) groups is 1. The van der Waals surface area contributed by atoms with Gasteiger partial charge in [0.1, 0.15) is 11.6 Å². The lowest BCUT2D eigenvalue weighted by atomic mass is 9.95. The first-order chi connectivity index (χ1) is 9.08. The van der Waals surface area contributed by atoms with Crippen molar-refractivity contribution in [1.29, 1.82) is 0 Å². The van der Waals surface area contributed by atoms with Crippen molar-refractivity contribution in [3.8, 4) is 5.75 Å². The minimum atomic E-state index is -0.679. The SMILES string of the molecule is Cl.O=C(NC[C@@H]1CCNC[C@H]1O)c1cc(O)ccc1F. The molecule has 1 aromatic rings. The standard InChI is InChI=1S/C13H17FN2O3.ClH/c14-11-2-1-9(17)5-10(11)13(19)16-6-8-3-4-15-7-12(8)18;/h1-2,5,8,12,15,17-18H,3-4,6-7H2,(H,16,19);1H/t8-,12+;/m0./s1. The predicted molar refractivity (Wildman–Crippen MR) is 74.6 cm³/mol. The number of β-amino-alcohol motifs (C(OH)–C–C–N with tert-alkyl or cyclic N) is 1. The van der Waals surface area contributed by atoms with Crippen LogP contribution in [0.3, 0.4) is 0 Å². The van der Waals surface area contributed by atoms with E-state index in [2.05, 4.69) is 10.6 Å². The first-order valence-corrected chi connectivity index (χ1v) is 6.23. The predicted octanol–water partition coefficient (Wildman–Crippen LogP) is 0.653. The molecule has 112 valence electrons. The van der Waals surface area contributed by atoms with Crippen molar-refractivity contribution in [2.24, 2.45) is 5.92 Å². The van der Waals surface area contributed by atoms with Crippen LogP contribution in [0.15, 0.2) is 18.2 Å². The molecule has 4 N–H and O–H groups in total. The van der Waals surface area contributed by atoms with E-state index in [9.17, 15) is 19.4 Å². The molecule has 0 aliphatic carbocycles. The Morgan fingerprint density at radius 3 is 2.95 bits per heavy atom. The summed E-state index contributed by atoms with van der Waals surface area (Å²) in [6.45, 7) is 1.58. The van der Waals surface area contributed by atoms with Gasteiger partial charge in [-0.3, -0.25) is 4.79 Å². The van der Waals surface area contributed by atoms with Crippen LogP contribution in [-0.2, 0) is 0 Å². The fourth-order valence-electron chi connectivity index (χ4n) is 2.14. The number of amides is 1. The Labute approximate surface area is 122 Å². The monoisotopic (exact) mass is 304 g/mol. The van der Waals surface area contributed by atoms with Crippen molar-refractivity contribution in [1.82, 2.24) is 10.6 Å². The molecule has 2 rings (SSSR count). The molecule has 0 unspecified atom stereocenters. The van der Waals surface area contributed by atoms with Crippen molar-refractivity contribution in [2.75, 3.05) is 19.6 Å². The number of phenolic OH excluding ortho intramolecular Hbond substituents is 1. The highest BCUT2D eigenvalue weighted by atomic mass is 35.5. The van der Waals surface area contributed by atoms with Gasteiger partial charge in [-0.1, -0.05) is 0 Å². The summed E-state index contributed by atoms with van der Waals surface area (Å²) in [6, 6.07) is 3.32. The third kappa shape index (κ3) is 4.06. The van der Waals surface area contributed by atoms with Crippen molar-refractivity contribution in [3.63, 3.8) is 0 Å². The summed E-state index contributed by atoms with van der Waals surface area (Å²) in [4.78, 5) is 11.8. The van der Waals surface area contributed by atoms with E-state index < -0.39 is 17.8 Å². The Balaban J connectivity index is 0.00000200. The molecule has 1 amide bonds. The molecule has 1 aliphatic heterocycles. The number of aliphatic hydroxyl groups is 1. The summed E-state index contributed by atoms with van der Waals surface area (Å²) in [5, 5.41) is 24.6. The Hall–Kier alpha value is -1.37. The van der Waals surface area contributed by atoms with Gasteiger partial charge in [0.2, 0.25) is 0 Å². The van der Waals surface area contributed by atoms with Gasteiger partial charge in [0.15, 0.2) is 0 Å². The van der Waals surface area contributed by atoms with E-state index in [0.717, 1.165) is 25.1 Å². The summed E-state index contributed by atoms with van der Waals surface area (Å²) in [5.74, 6) is -1.46. The number of rotatable bonds is 3. The molecular formula is C13H18ClFN2O3. The van der Waals surface area contributed by atoms with E-state index in [-0.39, 0.29) is 36.2 Å². The van der Waals surface area contributed by atoms with Crippen LogP contribution in [0, 0.1) is 11.7 Å². The molecule has 0 radical (unpaired) electrons. The van der Waals surface area contributed by atoms with Gasteiger partial charge in [0.05, 0.1) is 11.7 Å². The molecule has 2 atom stereocenters. The maximum absolute atomic E-state index is 13.4. The number of carbonyl (C=O) groups excluding carboxylic acids is 1. The van der Waals surface area contributed by atoms with E-state index in [1.807, 2.05) is 0 Å². The van der Waals surface area contributed by atoms with Crippen LogP contribution >= 0.6 is 12.4 Å². The topological polar surface area (TPSA) is 81.6 Å². The lowest BCUT2D eigenvalue weighted by Crippen LogP contribution is -2.45. The third-order valence-electron chi connectivity index (χ3n) is 3.31. The first-order valence-electron chi connectivity index (χ1n) is 6.23. The number of benzene rings is 1. The third-order valence-corrected chi connectivity index (χ3v) is 3.31. The Bertz CT molecular complexity index is 473. The Kier molecular flexibility index (Phi) is 6.19. The maximum Gasteiger partial charge on any atom is 0.254 e. The fraction of sp³-hybridized carbons (Fsp3) is 0.462. The average Bonchev–Trinajstić information content (AvgIpc) is 2.40. The molecule has 20 heavy (non-hydrogen) atoms. The normalized spacial score (nSPS) is 21.9. The molecule has 0 saturated carbocycles. The summed E-state index contributed by atoms with van der Waals surface area (Å²) in [7, 11) is 0. The second-order valence-electron chi connectivity index (χ2n) is 4.69. The van der Waals surface area contributed by atoms with Gasteiger partial charge >= 0.3 is 0 Å². The van der Waals surface area contributed by atoms with Gasteiger partial charge in [-0.25, -0.2) is 4.39 Å². The number of halogens is 2. The summed E-state index contributed by atoms with van der Waals surface area (Å²) >= 11 is 0. The van der Waals surface area contributed by atoms with Gasteiger partial charge in [0.25, 0.3) is 5.91 Å². The molecule has 0 bridgehead atoms. The van der Waals surface area contributed by atoms with Crippen molar-refractivity contribution in [2.45, 2.75) is 12.5 Å². The molecule has 0 spiro atoms.